The van der Waals surface area contributed by atoms with Crippen LogP contribution < -0.4 is 5.32 Å². The Morgan fingerprint density at radius 1 is 1.38 bits per heavy atom. The first-order chi connectivity index (χ1) is 10.1. The molecule has 1 aromatic carbocycles. The Kier molecular flexibility index (Phi) is 4.29. The standard InChI is InChI=1S/C17H24FNO2/c1-12-9-14(18)3-4-15(12)16(19-2)13-5-7-21-17(10-13)6-8-20-11-17/h3-4,9,13,16,19H,5-8,10-11H2,1-2H3. The lowest BCUT2D eigenvalue weighted by atomic mass is 9.78. The highest BCUT2D eigenvalue weighted by Crippen LogP contribution is 2.41. The van der Waals surface area contributed by atoms with Crippen LogP contribution in [0.1, 0.15) is 36.4 Å². The lowest BCUT2D eigenvalue weighted by molar-refractivity contribution is -0.103. The molecule has 2 aliphatic rings. The van der Waals surface area contributed by atoms with Crippen LogP contribution in [0.2, 0.25) is 0 Å². The second-order valence-corrected chi connectivity index (χ2v) is 6.35. The highest BCUT2D eigenvalue weighted by atomic mass is 19.1. The largest absolute Gasteiger partial charge is 0.378 e. The highest BCUT2D eigenvalue weighted by Gasteiger charge is 2.43. The first-order valence-corrected chi connectivity index (χ1v) is 7.79. The zero-order chi connectivity index (χ0) is 14.9. The monoisotopic (exact) mass is 293 g/mol. The van der Waals surface area contributed by atoms with Crippen molar-refractivity contribution in [2.75, 3.05) is 26.9 Å². The molecule has 116 valence electrons. The Balaban J connectivity index is 1.82. The van der Waals surface area contributed by atoms with Crippen LogP contribution in [0.5, 0.6) is 0 Å². The summed E-state index contributed by atoms with van der Waals surface area (Å²) < 4.78 is 24.9. The Hall–Kier alpha value is -0.970. The molecule has 0 aromatic heterocycles. The van der Waals surface area contributed by atoms with Gasteiger partial charge in [0.1, 0.15) is 5.82 Å². The molecule has 3 atom stereocenters. The fourth-order valence-electron chi connectivity index (χ4n) is 3.85. The summed E-state index contributed by atoms with van der Waals surface area (Å²) in [6.07, 6.45) is 3.03. The average Bonchev–Trinajstić information content (AvgIpc) is 2.90. The van der Waals surface area contributed by atoms with Crippen LogP contribution in [0, 0.1) is 18.7 Å². The van der Waals surface area contributed by atoms with Gasteiger partial charge in [0.2, 0.25) is 0 Å². The molecule has 3 nitrogen and oxygen atoms in total. The Labute approximate surface area is 125 Å². The minimum Gasteiger partial charge on any atom is -0.378 e. The van der Waals surface area contributed by atoms with E-state index in [4.69, 9.17) is 9.47 Å². The zero-order valence-electron chi connectivity index (χ0n) is 12.8. The molecule has 2 aliphatic heterocycles. The van der Waals surface area contributed by atoms with Crippen LogP contribution in [-0.4, -0.2) is 32.5 Å². The van der Waals surface area contributed by atoms with Crippen LogP contribution in [0.4, 0.5) is 4.39 Å². The lowest BCUT2D eigenvalue weighted by Gasteiger charge is -2.40. The van der Waals surface area contributed by atoms with E-state index in [1.54, 1.807) is 12.1 Å². The molecule has 1 N–H and O–H groups in total. The van der Waals surface area contributed by atoms with E-state index in [1.165, 1.54) is 5.56 Å². The molecular weight excluding hydrogens is 269 g/mol. The van der Waals surface area contributed by atoms with Gasteiger partial charge in [-0.25, -0.2) is 4.39 Å². The Morgan fingerprint density at radius 3 is 2.90 bits per heavy atom. The third-order valence-corrected chi connectivity index (χ3v) is 4.95. The number of rotatable bonds is 3. The van der Waals surface area contributed by atoms with Crippen molar-refractivity contribution < 1.29 is 13.9 Å². The maximum absolute atomic E-state index is 13.3. The van der Waals surface area contributed by atoms with Crippen molar-refractivity contribution in [1.82, 2.24) is 5.32 Å². The van der Waals surface area contributed by atoms with Crippen molar-refractivity contribution in [2.45, 2.75) is 37.8 Å². The van der Waals surface area contributed by atoms with Crippen LogP contribution in [0.15, 0.2) is 18.2 Å². The smallest absolute Gasteiger partial charge is 0.123 e. The highest BCUT2D eigenvalue weighted by molar-refractivity contribution is 5.30. The molecule has 0 aliphatic carbocycles. The van der Waals surface area contributed by atoms with Gasteiger partial charge in [-0.1, -0.05) is 6.07 Å². The van der Waals surface area contributed by atoms with Gasteiger partial charge in [-0.05, 0) is 56.0 Å². The van der Waals surface area contributed by atoms with Gasteiger partial charge in [0.25, 0.3) is 0 Å². The van der Waals surface area contributed by atoms with Crippen molar-refractivity contribution in [1.29, 1.82) is 0 Å². The molecule has 0 radical (unpaired) electrons. The van der Waals surface area contributed by atoms with Gasteiger partial charge in [-0.15, -0.1) is 0 Å². The Morgan fingerprint density at radius 2 is 2.24 bits per heavy atom. The topological polar surface area (TPSA) is 30.5 Å². The summed E-state index contributed by atoms with van der Waals surface area (Å²) in [5.41, 5.74) is 2.11. The summed E-state index contributed by atoms with van der Waals surface area (Å²) in [6.45, 7) is 4.28. The van der Waals surface area contributed by atoms with E-state index in [2.05, 4.69) is 5.32 Å². The molecular formula is C17H24FNO2. The van der Waals surface area contributed by atoms with E-state index in [-0.39, 0.29) is 17.5 Å². The molecule has 21 heavy (non-hydrogen) atoms. The van der Waals surface area contributed by atoms with Gasteiger partial charge in [0, 0.05) is 25.7 Å². The minimum atomic E-state index is -0.168. The van der Waals surface area contributed by atoms with E-state index in [9.17, 15) is 4.39 Å². The Bertz CT molecular complexity index is 500. The predicted octanol–water partition coefficient (Wildman–Crippen LogP) is 2.98. The molecule has 2 heterocycles. The number of halogens is 1. The fourth-order valence-corrected chi connectivity index (χ4v) is 3.85. The molecule has 3 rings (SSSR count). The molecule has 2 fully saturated rings. The normalized spacial score (nSPS) is 30.7. The molecule has 1 spiro atoms. The van der Waals surface area contributed by atoms with Crippen LogP contribution in [-0.2, 0) is 9.47 Å². The number of hydrogen-bond donors (Lipinski definition) is 1. The number of ether oxygens (including phenoxy) is 2. The van der Waals surface area contributed by atoms with Crippen molar-refractivity contribution in [3.8, 4) is 0 Å². The second kappa shape index (κ2) is 6.03. The van der Waals surface area contributed by atoms with E-state index >= 15 is 0 Å². The number of aryl methyl sites for hydroxylation is 1. The third kappa shape index (κ3) is 2.98. The zero-order valence-corrected chi connectivity index (χ0v) is 12.8. The van der Waals surface area contributed by atoms with E-state index in [0.29, 0.717) is 12.5 Å². The third-order valence-electron chi connectivity index (χ3n) is 4.95. The van der Waals surface area contributed by atoms with Crippen LogP contribution in [0.25, 0.3) is 0 Å². The summed E-state index contributed by atoms with van der Waals surface area (Å²) in [4.78, 5) is 0. The molecule has 1 aromatic rings. The van der Waals surface area contributed by atoms with E-state index in [0.717, 1.165) is 38.0 Å². The molecule has 0 amide bonds. The SMILES string of the molecule is CNC(c1ccc(F)cc1C)C1CCOC2(CCOC2)C1. The molecule has 0 saturated carbocycles. The summed E-state index contributed by atoms with van der Waals surface area (Å²) >= 11 is 0. The van der Waals surface area contributed by atoms with Gasteiger partial charge < -0.3 is 14.8 Å². The lowest BCUT2D eigenvalue weighted by Crippen LogP contribution is -2.43. The number of nitrogens with one attached hydrogen (secondary N) is 1. The minimum absolute atomic E-state index is 0.0913. The van der Waals surface area contributed by atoms with Crippen LogP contribution >= 0.6 is 0 Å². The molecule has 0 bridgehead atoms. The summed E-state index contributed by atoms with van der Waals surface area (Å²) in [6, 6.07) is 5.33. The maximum Gasteiger partial charge on any atom is 0.123 e. The van der Waals surface area contributed by atoms with E-state index < -0.39 is 0 Å². The van der Waals surface area contributed by atoms with Gasteiger partial charge >= 0.3 is 0 Å². The maximum atomic E-state index is 13.3. The van der Waals surface area contributed by atoms with Gasteiger partial charge in [0.15, 0.2) is 0 Å². The van der Waals surface area contributed by atoms with Crippen LogP contribution in [0.3, 0.4) is 0 Å². The van der Waals surface area contributed by atoms with Gasteiger partial charge in [-0.3, -0.25) is 0 Å². The second-order valence-electron chi connectivity index (χ2n) is 6.35. The first-order valence-electron chi connectivity index (χ1n) is 7.79. The summed E-state index contributed by atoms with van der Waals surface area (Å²) in [5.74, 6) is 0.327. The van der Waals surface area contributed by atoms with Gasteiger partial charge in [-0.2, -0.15) is 0 Å². The van der Waals surface area contributed by atoms with E-state index in [1.807, 2.05) is 20.0 Å². The predicted molar refractivity (Wildman–Crippen MR) is 79.8 cm³/mol. The number of benzene rings is 1. The fraction of sp³-hybridized carbons (Fsp3) is 0.647. The summed E-state index contributed by atoms with van der Waals surface area (Å²) in [5, 5.41) is 3.44. The molecule has 3 unspecified atom stereocenters. The van der Waals surface area contributed by atoms with Crippen molar-refractivity contribution in [3.63, 3.8) is 0 Å². The molecule has 4 heteroatoms. The number of hydrogen-bond acceptors (Lipinski definition) is 3. The first kappa shape index (κ1) is 14.9. The van der Waals surface area contributed by atoms with Crippen molar-refractivity contribution >= 4 is 0 Å². The quantitative estimate of drug-likeness (QED) is 0.929. The van der Waals surface area contributed by atoms with Crippen molar-refractivity contribution in [3.05, 3.63) is 35.1 Å². The van der Waals surface area contributed by atoms with Gasteiger partial charge in [0.05, 0.1) is 12.2 Å². The average molecular weight is 293 g/mol. The van der Waals surface area contributed by atoms with Crippen molar-refractivity contribution in [2.24, 2.45) is 5.92 Å². The summed E-state index contributed by atoms with van der Waals surface area (Å²) in [7, 11) is 1.99. The molecule has 2 saturated heterocycles.